The van der Waals surface area contributed by atoms with E-state index in [0.29, 0.717) is 32.5 Å². The number of sulfonamides is 1. The molecule has 5 nitrogen and oxygen atoms in total. The van der Waals surface area contributed by atoms with E-state index in [-0.39, 0.29) is 17.6 Å². The molecule has 1 N–H and O–H groups in total. The maximum atomic E-state index is 12.7. The second-order valence-electron chi connectivity index (χ2n) is 7.85. The third-order valence-electron chi connectivity index (χ3n) is 5.45. The average molecular weight is 481 g/mol. The number of carbonyl (C=O) groups is 1. The van der Waals surface area contributed by atoms with E-state index in [1.807, 2.05) is 55.5 Å². The highest BCUT2D eigenvalue weighted by Crippen LogP contribution is 2.23. The van der Waals surface area contributed by atoms with Gasteiger partial charge in [-0.3, -0.25) is 4.79 Å². The topological polar surface area (TPSA) is 66.5 Å². The summed E-state index contributed by atoms with van der Waals surface area (Å²) < 4.78 is 27.0. The van der Waals surface area contributed by atoms with Crippen molar-refractivity contribution in [2.75, 3.05) is 25.4 Å². The molecule has 2 aromatic rings. The number of thioether (sulfide) groups is 1. The molecular formula is C23H29ClN2O3S2. The maximum Gasteiger partial charge on any atom is 0.223 e. The monoisotopic (exact) mass is 480 g/mol. The van der Waals surface area contributed by atoms with E-state index >= 15 is 0 Å². The Hall–Kier alpha value is -1.54. The van der Waals surface area contributed by atoms with E-state index in [1.165, 1.54) is 4.31 Å². The number of benzene rings is 2. The molecule has 0 spiro atoms. The number of nitrogens with zero attached hydrogens (tertiary/aromatic N) is 1. The molecule has 2 aromatic carbocycles. The van der Waals surface area contributed by atoms with E-state index in [4.69, 9.17) is 11.6 Å². The summed E-state index contributed by atoms with van der Waals surface area (Å²) >= 11 is 7.88. The van der Waals surface area contributed by atoms with Crippen molar-refractivity contribution in [3.8, 4) is 0 Å². The van der Waals surface area contributed by atoms with Crippen molar-refractivity contribution in [1.29, 1.82) is 0 Å². The molecule has 8 heteroatoms. The van der Waals surface area contributed by atoms with Gasteiger partial charge < -0.3 is 5.32 Å². The fourth-order valence-electron chi connectivity index (χ4n) is 3.57. The van der Waals surface area contributed by atoms with Crippen molar-refractivity contribution in [2.45, 2.75) is 31.3 Å². The Bertz CT molecular complexity index is 973. The van der Waals surface area contributed by atoms with Crippen LogP contribution in [0.1, 0.15) is 29.5 Å². The van der Waals surface area contributed by atoms with Crippen LogP contribution in [0.3, 0.4) is 0 Å². The predicted molar refractivity (Wildman–Crippen MR) is 129 cm³/mol. The Morgan fingerprint density at radius 2 is 1.81 bits per heavy atom. The van der Waals surface area contributed by atoms with Gasteiger partial charge >= 0.3 is 0 Å². The lowest BCUT2D eigenvalue weighted by molar-refractivity contribution is -0.125. The van der Waals surface area contributed by atoms with Gasteiger partial charge in [0.2, 0.25) is 15.9 Å². The van der Waals surface area contributed by atoms with E-state index in [0.717, 1.165) is 33.2 Å². The first-order chi connectivity index (χ1) is 14.8. The smallest absolute Gasteiger partial charge is 0.223 e. The molecule has 0 aliphatic carbocycles. The van der Waals surface area contributed by atoms with Crippen LogP contribution >= 0.6 is 23.4 Å². The third kappa shape index (κ3) is 7.24. The van der Waals surface area contributed by atoms with E-state index in [1.54, 1.807) is 11.8 Å². The number of aryl methyl sites for hydroxylation is 1. The van der Waals surface area contributed by atoms with Crippen LogP contribution in [0.4, 0.5) is 0 Å². The van der Waals surface area contributed by atoms with Crippen molar-refractivity contribution >= 4 is 39.3 Å². The zero-order chi connectivity index (χ0) is 22.3. The number of carbonyl (C=O) groups excluding carboxylic acids is 1. The summed E-state index contributed by atoms with van der Waals surface area (Å²) in [6.45, 7) is 3.37. The summed E-state index contributed by atoms with van der Waals surface area (Å²) in [5.41, 5.74) is 3.00. The van der Waals surface area contributed by atoms with Crippen LogP contribution in [-0.2, 0) is 26.3 Å². The number of amides is 1. The lowest BCUT2D eigenvalue weighted by Crippen LogP contribution is -2.43. The largest absolute Gasteiger partial charge is 0.355 e. The Kier molecular flexibility index (Phi) is 8.84. The van der Waals surface area contributed by atoms with E-state index in [2.05, 4.69) is 5.32 Å². The van der Waals surface area contributed by atoms with Gasteiger partial charge in [0.1, 0.15) is 0 Å². The van der Waals surface area contributed by atoms with Gasteiger partial charge in [-0.2, -0.15) is 11.8 Å². The number of nitrogens with one attached hydrogen (secondary N) is 1. The van der Waals surface area contributed by atoms with Crippen molar-refractivity contribution in [3.05, 3.63) is 70.2 Å². The minimum absolute atomic E-state index is 0.00674. The van der Waals surface area contributed by atoms with Gasteiger partial charge in [-0.25, -0.2) is 12.7 Å². The van der Waals surface area contributed by atoms with Crippen molar-refractivity contribution in [3.63, 3.8) is 0 Å². The molecule has 0 radical (unpaired) electrons. The molecule has 1 saturated heterocycles. The zero-order valence-corrected chi connectivity index (χ0v) is 20.1. The molecule has 31 heavy (non-hydrogen) atoms. The first-order valence-corrected chi connectivity index (χ1v) is 13.6. The van der Waals surface area contributed by atoms with Gasteiger partial charge in [0.15, 0.2) is 0 Å². The van der Waals surface area contributed by atoms with Crippen LogP contribution < -0.4 is 5.32 Å². The molecule has 0 aromatic heterocycles. The van der Waals surface area contributed by atoms with Crippen molar-refractivity contribution in [1.82, 2.24) is 9.62 Å². The van der Waals surface area contributed by atoms with Crippen LogP contribution in [0.15, 0.2) is 48.5 Å². The highest BCUT2D eigenvalue weighted by Gasteiger charge is 2.31. The predicted octanol–water partition coefficient (Wildman–Crippen LogP) is 4.24. The maximum absolute atomic E-state index is 12.7. The molecule has 0 atom stereocenters. The summed E-state index contributed by atoms with van der Waals surface area (Å²) in [6, 6.07) is 15.3. The SMILES string of the molecule is Cc1ccc(CS(=O)(=O)N2CCC(C(=O)NCCSCc3ccccc3Cl)CC2)cc1. The Balaban J connectivity index is 1.37. The molecule has 1 aliphatic rings. The molecule has 1 fully saturated rings. The van der Waals surface area contributed by atoms with Crippen molar-refractivity contribution in [2.24, 2.45) is 5.92 Å². The fraction of sp³-hybridized carbons (Fsp3) is 0.435. The van der Waals surface area contributed by atoms with Crippen LogP contribution in [-0.4, -0.2) is 44.0 Å². The Labute approximate surface area is 194 Å². The first kappa shape index (κ1) is 24.1. The van der Waals surface area contributed by atoms with E-state index in [9.17, 15) is 13.2 Å². The lowest BCUT2D eigenvalue weighted by atomic mass is 9.97. The molecular weight excluding hydrogens is 452 g/mol. The number of piperidine rings is 1. The fourth-order valence-corrected chi connectivity index (χ4v) is 6.28. The Morgan fingerprint density at radius 1 is 1.13 bits per heavy atom. The highest BCUT2D eigenvalue weighted by atomic mass is 35.5. The second-order valence-corrected chi connectivity index (χ2v) is 11.3. The first-order valence-electron chi connectivity index (χ1n) is 10.5. The summed E-state index contributed by atoms with van der Waals surface area (Å²) in [5, 5.41) is 3.76. The standard InChI is InChI=1S/C23H29ClN2O3S2/c1-18-6-8-19(9-7-18)17-31(28,29)26-13-10-20(11-14-26)23(27)25-12-15-30-16-21-4-2-3-5-22(21)24/h2-9,20H,10-17H2,1H3,(H,25,27). The summed E-state index contributed by atoms with van der Waals surface area (Å²) in [4.78, 5) is 12.5. The van der Waals surface area contributed by atoms with Crippen molar-refractivity contribution < 1.29 is 13.2 Å². The normalized spacial score (nSPS) is 15.7. The summed E-state index contributed by atoms with van der Waals surface area (Å²) in [7, 11) is -3.37. The summed E-state index contributed by atoms with van der Waals surface area (Å²) in [5.74, 6) is 1.52. The minimum atomic E-state index is -3.37. The molecule has 1 aliphatic heterocycles. The number of hydrogen-bond donors (Lipinski definition) is 1. The number of rotatable bonds is 9. The lowest BCUT2D eigenvalue weighted by Gasteiger charge is -2.30. The van der Waals surface area contributed by atoms with Gasteiger partial charge in [0.25, 0.3) is 0 Å². The zero-order valence-electron chi connectivity index (χ0n) is 17.7. The average Bonchev–Trinajstić information content (AvgIpc) is 2.76. The molecule has 168 valence electrons. The third-order valence-corrected chi connectivity index (χ3v) is 8.68. The summed E-state index contributed by atoms with van der Waals surface area (Å²) in [6.07, 6.45) is 1.12. The molecule has 0 saturated carbocycles. The van der Waals surface area contributed by atoms with Gasteiger partial charge in [0.05, 0.1) is 5.75 Å². The number of halogens is 1. The van der Waals surface area contributed by atoms with Gasteiger partial charge in [-0.05, 0) is 37.0 Å². The molecule has 0 bridgehead atoms. The second kappa shape index (κ2) is 11.4. The molecule has 0 unspecified atom stereocenters. The van der Waals surface area contributed by atoms with Gasteiger partial charge in [0, 0.05) is 42.1 Å². The van der Waals surface area contributed by atoms with Crippen LogP contribution in [0.25, 0.3) is 0 Å². The van der Waals surface area contributed by atoms with E-state index < -0.39 is 10.0 Å². The van der Waals surface area contributed by atoms with Crippen LogP contribution in [0.5, 0.6) is 0 Å². The molecule has 1 heterocycles. The van der Waals surface area contributed by atoms with Gasteiger partial charge in [-0.1, -0.05) is 59.6 Å². The van der Waals surface area contributed by atoms with Gasteiger partial charge in [-0.15, -0.1) is 0 Å². The quantitative estimate of drug-likeness (QED) is 0.545. The van der Waals surface area contributed by atoms with Crippen LogP contribution in [0.2, 0.25) is 5.02 Å². The minimum Gasteiger partial charge on any atom is -0.355 e. The molecule has 3 rings (SSSR count). The Morgan fingerprint density at radius 3 is 2.48 bits per heavy atom. The number of hydrogen-bond acceptors (Lipinski definition) is 4. The molecule has 1 amide bonds. The highest BCUT2D eigenvalue weighted by molar-refractivity contribution is 7.98. The van der Waals surface area contributed by atoms with Crippen LogP contribution in [0, 0.1) is 12.8 Å².